The van der Waals surface area contributed by atoms with Gasteiger partial charge in [0.25, 0.3) is 0 Å². The van der Waals surface area contributed by atoms with Gasteiger partial charge >= 0.3 is 0 Å². The van der Waals surface area contributed by atoms with E-state index in [1.54, 1.807) is 0 Å². The molecule has 0 fully saturated rings. The highest BCUT2D eigenvalue weighted by atomic mass is 35.5. The minimum Gasteiger partial charge on any atom is -0.344 e. The summed E-state index contributed by atoms with van der Waals surface area (Å²) < 4.78 is 0. The number of rotatable bonds is 2. The predicted octanol–water partition coefficient (Wildman–Crippen LogP) is 0.976. The van der Waals surface area contributed by atoms with E-state index in [1.165, 1.54) is 0 Å². The third-order valence-corrected chi connectivity index (χ3v) is 0.445. The molecule has 0 radical (unpaired) electrons. The first-order chi connectivity index (χ1) is 2.41. The van der Waals surface area contributed by atoms with Crippen LogP contribution in [-0.4, -0.2) is 12.2 Å². The zero-order valence-corrected chi connectivity index (χ0v) is 4.24. The fourth-order valence-electron chi connectivity index (χ4n) is 0.0445. The molecule has 0 aliphatic heterocycles. The topological polar surface area (TPSA) is 52.1 Å². The molecule has 2 nitrogen and oxygen atoms in total. The van der Waals surface area contributed by atoms with Crippen LogP contribution in [0.25, 0.3) is 0 Å². The van der Waals surface area contributed by atoms with Crippen LogP contribution in [0.15, 0.2) is 0 Å². The van der Waals surface area contributed by atoms with Crippen molar-refractivity contribution in [3.63, 3.8) is 0 Å². The van der Waals surface area contributed by atoms with Crippen LogP contribution in [0.4, 0.5) is 0 Å². The van der Waals surface area contributed by atoms with Crippen molar-refractivity contribution in [3.05, 3.63) is 0 Å². The van der Waals surface area contributed by atoms with Crippen LogP contribution in [0.3, 0.4) is 0 Å². The number of aldehydes is 1. The summed E-state index contributed by atoms with van der Waals surface area (Å²) in [5.74, 6) is 0.448. The first-order valence-electron chi connectivity index (χ1n) is 1.41. The Morgan fingerprint density at radius 1 is 1.67 bits per heavy atom. The van der Waals surface area contributed by atoms with Crippen LogP contribution >= 0.6 is 11.6 Å². The maximum atomic E-state index is 9.32. The Morgan fingerprint density at radius 3 is 2.17 bits per heavy atom. The fraction of sp³-hybridized carbons (Fsp3) is 0.667. The lowest BCUT2D eigenvalue weighted by molar-refractivity contribution is -0.107. The highest BCUT2D eigenvalue weighted by Crippen LogP contribution is 1.74. The molecule has 0 aromatic carbocycles. The van der Waals surface area contributed by atoms with Gasteiger partial charge in [0.2, 0.25) is 0 Å². The molecule has 0 aromatic heterocycles. The van der Waals surface area contributed by atoms with Crippen molar-refractivity contribution in [1.82, 2.24) is 6.15 Å². The van der Waals surface area contributed by atoms with Gasteiger partial charge in [-0.1, -0.05) is 0 Å². The fourth-order valence-corrected chi connectivity index (χ4v) is 0.134. The number of carbonyl (C=O) groups is 1. The minimum atomic E-state index is 0. The largest absolute Gasteiger partial charge is 0.344 e. The lowest BCUT2D eigenvalue weighted by Crippen LogP contribution is -1.70. The summed E-state index contributed by atoms with van der Waals surface area (Å²) in [5.41, 5.74) is 0. The zero-order chi connectivity index (χ0) is 4.12. The summed E-state index contributed by atoms with van der Waals surface area (Å²) >= 11 is 5.07. The van der Waals surface area contributed by atoms with E-state index in [1.807, 2.05) is 0 Å². The number of hydrogen-bond acceptors (Lipinski definition) is 2. The van der Waals surface area contributed by atoms with Crippen molar-refractivity contribution in [2.24, 2.45) is 0 Å². The molecule has 0 spiro atoms. The number of carbonyl (C=O) groups excluding carboxylic acids is 1. The van der Waals surface area contributed by atoms with E-state index < -0.39 is 0 Å². The summed E-state index contributed by atoms with van der Waals surface area (Å²) in [7, 11) is 0. The van der Waals surface area contributed by atoms with Gasteiger partial charge < -0.3 is 10.9 Å². The molecule has 0 aliphatic rings. The molecule has 0 atom stereocenters. The van der Waals surface area contributed by atoms with Crippen molar-refractivity contribution < 1.29 is 4.79 Å². The van der Waals surface area contributed by atoms with Crippen LogP contribution in [-0.2, 0) is 4.79 Å². The third-order valence-electron chi connectivity index (χ3n) is 0.227. The van der Waals surface area contributed by atoms with Gasteiger partial charge in [0.1, 0.15) is 6.29 Å². The summed E-state index contributed by atoms with van der Waals surface area (Å²) in [6.07, 6.45) is 1.27. The van der Waals surface area contributed by atoms with E-state index in [0.717, 1.165) is 6.29 Å². The molecule has 0 unspecified atom stereocenters. The second-order valence-electron chi connectivity index (χ2n) is 0.644. The molecule has 0 rings (SSSR count). The molecule has 0 aromatic rings. The van der Waals surface area contributed by atoms with Gasteiger partial charge in [-0.05, 0) is 0 Å². The number of alkyl halides is 1. The SMILES string of the molecule is N.O=CCCCl. The summed E-state index contributed by atoms with van der Waals surface area (Å²) in [4.78, 5) is 9.32. The summed E-state index contributed by atoms with van der Waals surface area (Å²) in [6.45, 7) is 0. The molecule has 0 bridgehead atoms. The maximum Gasteiger partial charge on any atom is 0.121 e. The van der Waals surface area contributed by atoms with Crippen LogP contribution < -0.4 is 6.15 Å². The maximum absolute atomic E-state index is 9.32. The average molecular weight is 110 g/mol. The van der Waals surface area contributed by atoms with Gasteiger partial charge in [0.05, 0.1) is 0 Å². The molecular weight excluding hydrogens is 101 g/mol. The highest BCUT2D eigenvalue weighted by molar-refractivity contribution is 6.18. The van der Waals surface area contributed by atoms with Crippen LogP contribution in [0.2, 0.25) is 0 Å². The predicted molar refractivity (Wildman–Crippen MR) is 26.4 cm³/mol. The molecule has 3 heteroatoms. The Kier molecular flexibility index (Phi) is 13.8. The van der Waals surface area contributed by atoms with Gasteiger partial charge in [-0.2, -0.15) is 0 Å². The Hall–Kier alpha value is -0.0800. The Labute approximate surface area is 42.1 Å². The smallest absolute Gasteiger partial charge is 0.121 e. The molecular formula is C3H8ClNO. The number of hydrogen-bond donors (Lipinski definition) is 1. The highest BCUT2D eigenvalue weighted by Gasteiger charge is 1.69. The molecule has 0 saturated heterocycles. The van der Waals surface area contributed by atoms with E-state index in [4.69, 9.17) is 11.6 Å². The molecule has 0 amide bonds. The van der Waals surface area contributed by atoms with Crippen LogP contribution in [0, 0.1) is 0 Å². The van der Waals surface area contributed by atoms with Gasteiger partial charge in [0.15, 0.2) is 0 Å². The standard InChI is InChI=1S/C3H5ClO.H3N/c4-2-1-3-5;/h3H,1-2H2;1H3. The Balaban J connectivity index is 0. The van der Waals surface area contributed by atoms with E-state index in [2.05, 4.69) is 0 Å². The molecule has 38 valence electrons. The normalized spacial score (nSPS) is 6.17. The third kappa shape index (κ3) is 9.07. The second kappa shape index (κ2) is 8.87. The van der Waals surface area contributed by atoms with E-state index >= 15 is 0 Å². The van der Waals surface area contributed by atoms with Gasteiger partial charge in [-0.3, -0.25) is 0 Å². The van der Waals surface area contributed by atoms with Crippen molar-refractivity contribution in [2.45, 2.75) is 6.42 Å². The van der Waals surface area contributed by atoms with Crippen LogP contribution in [0.5, 0.6) is 0 Å². The Bertz CT molecular complexity index is 32.0. The lowest BCUT2D eigenvalue weighted by Gasteiger charge is -1.66. The molecule has 6 heavy (non-hydrogen) atoms. The first-order valence-corrected chi connectivity index (χ1v) is 1.95. The zero-order valence-electron chi connectivity index (χ0n) is 3.48. The van der Waals surface area contributed by atoms with Crippen molar-refractivity contribution in [2.75, 3.05) is 5.88 Å². The van der Waals surface area contributed by atoms with Gasteiger partial charge in [-0.25, -0.2) is 0 Å². The monoisotopic (exact) mass is 109 g/mol. The lowest BCUT2D eigenvalue weighted by atomic mass is 10.6. The first kappa shape index (κ1) is 9.33. The summed E-state index contributed by atoms with van der Waals surface area (Å²) in [6, 6.07) is 0. The van der Waals surface area contributed by atoms with E-state index in [9.17, 15) is 4.79 Å². The van der Waals surface area contributed by atoms with Crippen LogP contribution in [0.1, 0.15) is 6.42 Å². The average Bonchev–Trinajstić information content (AvgIpc) is 1.41. The molecule has 0 heterocycles. The summed E-state index contributed by atoms with van der Waals surface area (Å²) in [5, 5.41) is 0. The van der Waals surface area contributed by atoms with E-state index in [-0.39, 0.29) is 6.15 Å². The molecule has 3 N–H and O–H groups in total. The Morgan fingerprint density at radius 2 is 2.17 bits per heavy atom. The molecule has 0 aliphatic carbocycles. The van der Waals surface area contributed by atoms with Crippen molar-refractivity contribution in [1.29, 1.82) is 0 Å². The van der Waals surface area contributed by atoms with Gasteiger partial charge in [-0.15, -0.1) is 11.6 Å². The van der Waals surface area contributed by atoms with E-state index in [0.29, 0.717) is 12.3 Å². The minimum absolute atomic E-state index is 0. The second-order valence-corrected chi connectivity index (χ2v) is 1.02. The van der Waals surface area contributed by atoms with Gasteiger partial charge in [0, 0.05) is 12.3 Å². The quantitative estimate of drug-likeness (QED) is 0.425. The number of halogens is 1. The van der Waals surface area contributed by atoms with Crippen molar-refractivity contribution in [3.8, 4) is 0 Å². The molecule has 0 saturated carbocycles. The van der Waals surface area contributed by atoms with Crippen molar-refractivity contribution >= 4 is 17.9 Å².